The van der Waals surface area contributed by atoms with E-state index in [4.69, 9.17) is 35.3 Å². The molecule has 6 atom stereocenters. The third-order valence-corrected chi connectivity index (χ3v) is 10.2. The third-order valence-electron chi connectivity index (χ3n) is 9.78. The summed E-state index contributed by atoms with van der Waals surface area (Å²) in [5, 5.41) is 8.45. The summed E-state index contributed by atoms with van der Waals surface area (Å²) >= 11 is 6.35. The molecule has 59 heavy (non-hydrogen) atoms. The summed E-state index contributed by atoms with van der Waals surface area (Å²) in [6.07, 6.45) is -0.0371. The van der Waals surface area contributed by atoms with Gasteiger partial charge in [0.15, 0.2) is 6.10 Å². The number of cyclic esters (lactones) is 2. The number of ether oxygens (including phenoxy) is 5. The fraction of sp³-hybridized carbons (Fsp3) is 0.545. The molecule has 0 spiro atoms. The highest BCUT2D eigenvalue weighted by Crippen LogP contribution is 2.45. The Hall–Kier alpha value is -4.95. The normalized spacial score (nSPS) is 23.8. The van der Waals surface area contributed by atoms with Crippen molar-refractivity contribution in [3.63, 3.8) is 0 Å². The number of benzene rings is 2. The lowest BCUT2D eigenvalue weighted by molar-refractivity contribution is -0.179. The number of hydrogen-bond donors (Lipinski definition) is 3. The van der Waals surface area contributed by atoms with E-state index in [1.165, 1.54) is 6.08 Å². The Labute approximate surface area is 351 Å². The van der Waals surface area contributed by atoms with Crippen LogP contribution in [0.3, 0.4) is 0 Å². The van der Waals surface area contributed by atoms with Gasteiger partial charge < -0.3 is 39.6 Å². The molecule has 3 N–H and O–H groups in total. The Morgan fingerprint density at radius 3 is 2.32 bits per heavy atom. The van der Waals surface area contributed by atoms with Gasteiger partial charge >= 0.3 is 24.0 Å². The van der Waals surface area contributed by atoms with Crippen molar-refractivity contribution in [2.75, 3.05) is 13.1 Å². The molecule has 2 aromatic carbocycles. The molecule has 2 aromatic rings. The Morgan fingerprint density at radius 2 is 1.68 bits per heavy atom. The number of carbonyl (C=O) groups is 6. The molecule has 14 nitrogen and oxygen atoms in total. The molecule has 0 aliphatic carbocycles. The second kappa shape index (κ2) is 20.3. The van der Waals surface area contributed by atoms with E-state index in [9.17, 15) is 28.8 Å². The number of aryl methyl sites for hydroxylation is 1. The topological polar surface area (TPSA) is 188 Å². The molecular formula is C44H58ClN3O11. The van der Waals surface area contributed by atoms with Crippen LogP contribution in [0.5, 0.6) is 0 Å². The maximum atomic E-state index is 13.8. The number of epoxide rings is 1. The molecule has 3 amide bonds. The molecule has 4 rings (SSSR count). The zero-order chi connectivity index (χ0) is 43.7. The molecule has 0 radical (unpaired) electrons. The number of nitrogens with one attached hydrogen (secondary N) is 3. The Bertz CT molecular complexity index is 1870. The zero-order valence-corrected chi connectivity index (χ0v) is 36.1. The highest BCUT2D eigenvalue weighted by Gasteiger charge is 2.48. The predicted octanol–water partition coefficient (Wildman–Crippen LogP) is 5.99. The van der Waals surface area contributed by atoms with Gasteiger partial charge in [0.25, 0.3) is 0 Å². The summed E-state index contributed by atoms with van der Waals surface area (Å²) in [4.78, 5) is 78.1. The van der Waals surface area contributed by atoms with Crippen LogP contribution in [0.2, 0.25) is 5.02 Å². The van der Waals surface area contributed by atoms with Gasteiger partial charge in [-0.05, 0) is 88.3 Å². The average Bonchev–Trinajstić information content (AvgIpc) is 3.95. The van der Waals surface area contributed by atoms with Gasteiger partial charge in [0, 0.05) is 30.3 Å². The van der Waals surface area contributed by atoms with E-state index < -0.39 is 65.1 Å². The van der Waals surface area contributed by atoms with Gasteiger partial charge in [0.1, 0.15) is 37.0 Å². The lowest BCUT2D eigenvalue weighted by Crippen LogP contribution is -2.51. The fourth-order valence-corrected chi connectivity index (χ4v) is 6.43. The SMILES string of the molecule is Cc1ccc(C[C@H]2NC(=O)/C=C/C[C@@H]([C@H](C)[C@H]3O[C@@H]3c3ccc(COC(=O)CNC(=O)OC(C)(C)C)cc3)OC(=O)[C@H](CC(C)C)OC(=O)C(C)(C)CNC2=O)cc1Cl. The van der Waals surface area contributed by atoms with E-state index in [-0.39, 0.29) is 63.0 Å². The summed E-state index contributed by atoms with van der Waals surface area (Å²) in [6, 6.07) is 11.7. The molecule has 0 unspecified atom stereocenters. The van der Waals surface area contributed by atoms with Crippen LogP contribution < -0.4 is 16.0 Å². The molecule has 1 fully saturated rings. The first-order valence-corrected chi connectivity index (χ1v) is 20.3. The molecule has 322 valence electrons. The monoisotopic (exact) mass is 839 g/mol. The van der Waals surface area contributed by atoms with E-state index in [0.29, 0.717) is 5.02 Å². The van der Waals surface area contributed by atoms with Crippen molar-refractivity contribution >= 4 is 47.4 Å². The standard InChI is InChI=1S/C44H58ClN3O11/c1-25(2)19-34-40(52)56-33(27(4)37-38(58-37)30-17-15-28(16-18-30)23-55-36(50)22-46-42(54)59-43(5,6)7)11-10-12-35(49)48-32(21-29-14-13-26(3)31(45)20-29)39(51)47-24-44(8,9)41(53)57-34/h10,12-18,20,25,27,32-34,37-38H,11,19,21-24H2,1-9H3,(H,46,54)(H,47,51)(H,48,49)/b12-10+/t27-,32+,33-,34-,37+,38+/m0/s1. The summed E-state index contributed by atoms with van der Waals surface area (Å²) in [5.74, 6) is -3.46. The molecular weight excluding hydrogens is 782 g/mol. The van der Waals surface area contributed by atoms with Crippen molar-refractivity contribution in [3.05, 3.63) is 81.9 Å². The lowest BCUT2D eigenvalue weighted by atomic mass is 9.92. The Morgan fingerprint density at radius 1 is 1.00 bits per heavy atom. The van der Waals surface area contributed by atoms with Gasteiger partial charge in [-0.15, -0.1) is 0 Å². The smallest absolute Gasteiger partial charge is 0.408 e. The highest BCUT2D eigenvalue weighted by molar-refractivity contribution is 6.31. The minimum atomic E-state index is -1.23. The largest absolute Gasteiger partial charge is 0.460 e. The van der Waals surface area contributed by atoms with Crippen molar-refractivity contribution in [1.29, 1.82) is 0 Å². The lowest BCUT2D eigenvalue weighted by Gasteiger charge is -2.29. The number of alkyl carbamates (subject to hydrolysis) is 1. The minimum Gasteiger partial charge on any atom is -0.460 e. The van der Waals surface area contributed by atoms with Gasteiger partial charge in [0.2, 0.25) is 11.8 Å². The van der Waals surface area contributed by atoms with Crippen LogP contribution >= 0.6 is 11.6 Å². The number of carbonyl (C=O) groups excluding carboxylic acids is 6. The molecule has 2 aliphatic heterocycles. The molecule has 2 aliphatic rings. The van der Waals surface area contributed by atoms with Crippen LogP contribution in [0.4, 0.5) is 4.79 Å². The van der Waals surface area contributed by atoms with E-state index in [1.54, 1.807) is 58.9 Å². The maximum absolute atomic E-state index is 13.8. The maximum Gasteiger partial charge on any atom is 0.408 e. The van der Waals surface area contributed by atoms with E-state index in [2.05, 4.69) is 16.0 Å². The van der Waals surface area contributed by atoms with E-state index >= 15 is 0 Å². The van der Waals surface area contributed by atoms with Crippen LogP contribution in [0.25, 0.3) is 0 Å². The summed E-state index contributed by atoms with van der Waals surface area (Å²) < 4.78 is 28.4. The summed E-state index contributed by atoms with van der Waals surface area (Å²) in [5.41, 5.74) is 1.24. The molecule has 15 heteroatoms. The van der Waals surface area contributed by atoms with Gasteiger partial charge in [-0.2, -0.15) is 0 Å². The van der Waals surface area contributed by atoms with Gasteiger partial charge in [0.05, 0.1) is 11.5 Å². The van der Waals surface area contributed by atoms with Gasteiger partial charge in [-0.25, -0.2) is 9.59 Å². The first-order valence-electron chi connectivity index (χ1n) is 19.9. The van der Waals surface area contributed by atoms with Gasteiger partial charge in [-0.3, -0.25) is 19.2 Å². The molecule has 0 aromatic heterocycles. The van der Waals surface area contributed by atoms with Crippen LogP contribution in [0, 0.1) is 24.2 Å². The number of hydrogen-bond acceptors (Lipinski definition) is 11. The van der Waals surface area contributed by atoms with Crippen molar-refractivity contribution in [2.24, 2.45) is 17.3 Å². The minimum absolute atomic E-state index is 0.0105. The predicted molar refractivity (Wildman–Crippen MR) is 219 cm³/mol. The van der Waals surface area contributed by atoms with Crippen LogP contribution in [-0.2, 0) is 60.7 Å². The second-order valence-corrected chi connectivity index (χ2v) is 17.6. The third kappa shape index (κ3) is 14.7. The van der Waals surface area contributed by atoms with Crippen molar-refractivity contribution in [1.82, 2.24) is 16.0 Å². The first kappa shape index (κ1) is 46.7. The van der Waals surface area contributed by atoms with Crippen molar-refractivity contribution in [3.8, 4) is 0 Å². The second-order valence-electron chi connectivity index (χ2n) is 17.2. The van der Waals surface area contributed by atoms with Crippen LogP contribution in [0.15, 0.2) is 54.6 Å². The zero-order valence-electron chi connectivity index (χ0n) is 35.3. The van der Waals surface area contributed by atoms with E-state index in [1.807, 2.05) is 52.0 Å². The van der Waals surface area contributed by atoms with E-state index in [0.717, 1.165) is 22.3 Å². The van der Waals surface area contributed by atoms with Crippen molar-refractivity contribution < 1.29 is 52.5 Å². The number of rotatable bonds is 11. The Kier molecular flexibility index (Phi) is 16.1. The Balaban J connectivity index is 1.48. The fourth-order valence-electron chi connectivity index (χ4n) is 6.23. The number of esters is 3. The van der Waals surface area contributed by atoms with Crippen molar-refractivity contribution in [2.45, 2.75) is 124 Å². The summed E-state index contributed by atoms with van der Waals surface area (Å²) in [6.45, 7) is 15.4. The quantitative estimate of drug-likeness (QED) is 0.137. The highest BCUT2D eigenvalue weighted by atomic mass is 35.5. The summed E-state index contributed by atoms with van der Waals surface area (Å²) in [7, 11) is 0. The molecule has 1 saturated heterocycles. The molecule has 0 bridgehead atoms. The molecule has 2 heterocycles. The average molecular weight is 840 g/mol. The first-order chi connectivity index (χ1) is 27.6. The van der Waals surface area contributed by atoms with Gasteiger partial charge in [-0.1, -0.05) is 74.8 Å². The number of amides is 3. The molecule has 0 saturated carbocycles. The van der Waals surface area contributed by atoms with Crippen LogP contribution in [0.1, 0.15) is 96.6 Å². The van der Waals surface area contributed by atoms with Crippen LogP contribution in [-0.4, -0.2) is 78.9 Å². The number of halogens is 1.